The van der Waals surface area contributed by atoms with Crippen molar-refractivity contribution in [3.8, 4) is 16.3 Å². The molecule has 26 heavy (non-hydrogen) atoms. The Labute approximate surface area is 154 Å². The molecule has 4 aromatic rings. The second-order valence-corrected chi connectivity index (χ2v) is 6.90. The van der Waals surface area contributed by atoms with Crippen LogP contribution in [0.15, 0.2) is 72.8 Å². The first kappa shape index (κ1) is 16.7. The average molecular weight is 365 g/mol. The van der Waals surface area contributed by atoms with Crippen LogP contribution in [0.4, 0.5) is 4.39 Å². The monoisotopic (exact) mass is 365 g/mol. The van der Waals surface area contributed by atoms with E-state index in [1.54, 1.807) is 23.5 Å². The zero-order valence-electron chi connectivity index (χ0n) is 13.8. The lowest BCUT2D eigenvalue weighted by Crippen LogP contribution is -2.10. The van der Waals surface area contributed by atoms with Gasteiger partial charge < -0.3 is 9.84 Å². The van der Waals surface area contributed by atoms with Crippen LogP contribution in [0, 0.1) is 5.82 Å². The van der Waals surface area contributed by atoms with Gasteiger partial charge >= 0.3 is 0 Å². The summed E-state index contributed by atoms with van der Waals surface area (Å²) in [5, 5.41) is 11.1. The largest absolute Gasteiger partial charge is 0.490 e. The fraction of sp³-hybridized carbons (Fsp3) is 0.0952. The Morgan fingerprint density at radius 2 is 1.81 bits per heavy atom. The van der Waals surface area contributed by atoms with Crippen LogP contribution in [0.2, 0.25) is 0 Å². The van der Waals surface area contributed by atoms with E-state index in [0.29, 0.717) is 11.3 Å². The maximum absolute atomic E-state index is 13.3. The predicted octanol–water partition coefficient (Wildman–Crippen LogP) is 5.21. The highest BCUT2D eigenvalue weighted by Crippen LogP contribution is 2.35. The molecule has 0 spiro atoms. The molecule has 0 aliphatic carbocycles. The first-order valence-corrected chi connectivity index (χ1v) is 9.03. The maximum Gasteiger partial charge on any atom is 0.129 e. The summed E-state index contributed by atoms with van der Waals surface area (Å²) in [5.41, 5.74) is 2.31. The van der Waals surface area contributed by atoms with Crippen LogP contribution in [0.5, 0.6) is 5.75 Å². The number of rotatable bonds is 5. The number of para-hydroxylation sites is 2. The molecule has 5 heteroatoms. The normalized spacial score (nSPS) is 12.2. The van der Waals surface area contributed by atoms with Crippen LogP contribution in [0.25, 0.3) is 20.8 Å². The molecule has 0 radical (unpaired) electrons. The highest BCUT2D eigenvalue weighted by molar-refractivity contribution is 7.21. The number of ether oxygens (including phenoxy) is 1. The van der Waals surface area contributed by atoms with Crippen LogP contribution in [0.1, 0.15) is 11.7 Å². The molecule has 0 aliphatic heterocycles. The second kappa shape index (κ2) is 7.23. The summed E-state index contributed by atoms with van der Waals surface area (Å²) in [6.07, 6.45) is -0.908. The van der Waals surface area contributed by atoms with Crippen molar-refractivity contribution in [3.05, 3.63) is 84.2 Å². The number of nitrogens with zero attached hydrogens (tertiary/aromatic N) is 1. The zero-order valence-corrected chi connectivity index (χ0v) is 14.6. The Morgan fingerprint density at radius 1 is 1.00 bits per heavy atom. The molecule has 1 N–H and O–H groups in total. The number of aliphatic hydroxyl groups is 1. The highest BCUT2D eigenvalue weighted by atomic mass is 32.1. The molecular formula is C21H16FNO2S. The predicted molar refractivity (Wildman–Crippen MR) is 102 cm³/mol. The quantitative estimate of drug-likeness (QED) is 0.528. The molecule has 1 unspecified atom stereocenters. The number of aliphatic hydroxyl groups excluding tert-OH is 1. The molecule has 0 fully saturated rings. The minimum absolute atomic E-state index is 0.0331. The van der Waals surface area contributed by atoms with E-state index >= 15 is 0 Å². The molecule has 0 bridgehead atoms. The van der Waals surface area contributed by atoms with Crippen molar-refractivity contribution in [1.29, 1.82) is 0 Å². The van der Waals surface area contributed by atoms with Gasteiger partial charge in [0.15, 0.2) is 0 Å². The maximum atomic E-state index is 13.3. The van der Waals surface area contributed by atoms with E-state index in [9.17, 15) is 9.50 Å². The number of thiazole rings is 1. The van der Waals surface area contributed by atoms with Gasteiger partial charge in [0.05, 0.1) is 15.8 Å². The summed E-state index contributed by atoms with van der Waals surface area (Å²) in [6.45, 7) is 0.0331. The number of halogens is 1. The Balaban J connectivity index is 1.58. The van der Waals surface area contributed by atoms with Crippen LogP contribution in [-0.4, -0.2) is 16.7 Å². The summed E-state index contributed by atoms with van der Waals surface area (Å²) >= 11 is 1.59. The van der Waals surface area contributed by atoms with Gasteiger partial charge in [-0.05, 0) is 42.0 Å². The van der Waals surface area contributed by atoms with E-state index in [2.05, 4.69) is 4.98 Å². The van der Waals surface area contributed by atoms with E-state index < -0.39 is 6.10 Å². The topological polar surface area (TPSA) is 42.4 Å². The molecule has 0 aliphatic rings. The fourth-order valence-corrected chi connectivity index (χ4v) is 3.73. The molecular weight excluding hydrogens is 349 g/mol. The van der Waals surface area contributed by atoms with E-state index in [0.717, 1.165) is 20.8 Å². The number of hydrogen-bond acceptors (Lipinski definition) is 4. The van der Waals surface area contributed by atoms with Gasteiger partial charge in [0, 0.05) is 0 Å². The number of fused-ring (bicyclic) bond motifs is 1. The Morgan fingerprint density at radius 3 is 2.65 bits per heavy atom. The van der Waals surface area contributed by atoms with Gasteiger partial charge in [-0.3, -0.25) is 0 Å². The molecule has 1 aromatic heterocycles. The minimum atomic E-state index is -0.908. The van der Waals surface area contributed by atoms with Gasteiger partial charge in [0.2, 0.25) is 0 Å². The lowest BCUT2D eigenvalue weighted by Gasteiger charge is -2.14. The van der Waals surface area contributed by atoms with Gasteiger partial charge in [0.25, 0.3) is 0 Å². The Hall–Kier alpha value is -2.76. The molecule has 3 nitrogen and oxygen atoms in total. The van der Waals surface area contributed by atoms with Crippen LogP contribution in [-0.2, 0) is 0 Å². The van der Waals surface area contributed by atoms with E-state index in [4.69, 9.17) is 4.74 Å². The molecule has 1 heterocycles. The average Bonchev–Trinajstić information content (AvgIpc) is 3.10. The summed E-state index contributed by atoms with van der Waals surface area (Å²) in [7, 11) is 0. The number of benzene rings is 3. The summed E-state index contributed by atoms with van der Waals surface area (Å²) in [4.78, 5) is 4.67. The van der Waals surface area contributed by atoms with Crippen molar-refractivity contribution < 1.29 is 14.2 Å². The van der Waals surface area contributed by atoms with Gasteiger partial charge in [-0.2, -0.15) is 0 Å². The second-order valence-electron chi connectivity index (χ2n) is 5.86. The summed E-state index contributed by atoms with van der Waals surface area (Å²) in [5.74, 6) is 0.262. The molecule has 4 rings (SSSR count). The van der Waals surface area contributed by atoms with Crippen molar-refractivity contribution in [2.45, 2.75) is 6.10 Å². The lowest BCUT2D eigenvalue weighted by atomic mass is 10.1. The third kappa shape index (κ3) is 3.45. The Bertz CT molecular complexity index is 1010. The minimum Gasteiger partial charge on any atom is -0.490 e. The molecule has 130 valence electrons. The van der Waals surface area contributed by atoms with Crippen LogP contribution in [0.3, 0.4) is 0 Å². The SMILES string of the molecule is OC(COc1ccccc1-c1nc2ccccc2s1)c1cccc(F)c1. The van der Waals surface area contributed by atoms with Crippen molar-refractivity contribution in [2.24, 2.45) is 0 Å². The third-order valence-corrected chi connectivity index (χ3v) is 5.11. The van der Waals surface area contributed by atoms with Gasteiger partial charge in [-0.15, -0.1) is 11.3 Å². The van der Waals surface area contributed by atoms with Gasteiger partial charge in [0.1, 0.15) is 29.3 Å². The first-order valence-electron chi connectivity index (χ1n) is 8.22. The third-order valence-electron chi connectivity index (χ3n) is 4.04. The molecule has 0 saturated heterocycles. The van der Waals surface area contributed by atoms with Crippen molar-refractivity contribution in [1.82, 2.24) is 4.98 Å². The van der Waals surface area contributed by atoms with Crippen LogP contribution >= 0.6 is 11.3 Å². The lowest BCUT2D eigenvalue weighted by molar-refractivity contribution is 0.108. The zero-order chi connectivity index (χ0) is 17.9. The van der Waals surface area contributed by atoms with Crippen molar-refractivity contribution in [2.75, 3.05) is 6.61 Å². The van der Waals surface area contributed by atoms with Crippen molar-refractivity contribution in [3.63, 3.8) is 0 Å². The molecule has 0 saturated carbocycles. The molecule has 3 aromatic carbocycles. The number of hydrogen-bond donors (Lipinski definition) is 1. The molecule has 1 atom stereocenters. The van der Waals surface area contributed by atoms with E-state index in [1.165, 1.54) is 12.1 Å². The smallest absolute Gasteiger partial charge is 0.129 e. The van der Waals surface area contributed by atoms with Gasteiger partial charge in [-0.25, -0.2) is 9.37 Å². The van der Waals surface area contributed by atoms with Crippen molar-refractivity contribution >= 4 is 21.6 Å². The first-order chi connectivity index (χ1) is 12.7. The standard InChI is InChI=1S/C21H16FNO2S/c22-15-7-5-6-14(12-15)18(24)13-25-19-10-3-1-8-16(19)21-23-17-9-2-4-11-20(17)26-21/h1-12,18,24H,13H2. The fourth-order valence-electron chi connectivity index (χ4n) is 2.74. The highest BCUT2D eigenvalue weighted by Gasteiger charge is 2.14. The molecule has 0 amide bonds. The van der Waals surface area contributed by atoms with E-state index in [-0.39, 0.29) is 12.4 Å². The van der Waals surface area contributed by atoms with E-state index in [1.807, 2.05) is 48.5 Å². The summed E-state index contributed by atoms with van der Waals surface area (Å²) in [6, 6.07) is 21.5. The summed E-state index contributed by atoms with van der Waals surface area (Å²) < 4.78 is 20.3. The van der Waals surface area contributed by atoms with Crippen LogP contribution < -0.4 is 4.74 Å². The number of aromatic nitrogens is 1. The van der Waals surface area contributed by atoms with Gasteiger partial charge in [-0.1, -0.05) is 36.4 Å². The Kier molecular flexibility index (Phi) is 4.65.